The molecule has 4 atom stereocenters. The summed E-state index contributed by atoms with van der Waals surface area (Å²) in [5, 5.41) is 6.04. The lowest BCUT2D eigenvalue weighted by atomic mass is 10.1. The van der Waals surface area contributed by atoms with Crippen molar-refractivity contribution in [2.24, 2.45) is 7.05 Å². The van der Waals surface area contributed by atoms with Crippen molar-refractivity contribution in [3.05, 3.63) is 58.9 Å². The molecular weight excluding hydrogens is 601 g/mol. The van der Waals surface area contributed by atoms with Crippen LogP contribution < -0.4 is 10.6 Å². The van der Waals surface area contributed by atoms with Crippen LogP contribution >= 0.6 is 19.4 Å². The van der Waals surface area contributed by atoms with Crippen molar-refractivity contribution in [3.8, 4) is 0 Å². The summed E-state index contributed by atoms with van der Waals surface area (Å²) in [6.45, 7) is 0.232. The van der Waals surface area contributed by atoms with Gasteiger partial charge in [-0.3, -0.25) is 14.4 Å². The number of alkyl halides is 2. The summed E-state index contributed by atoms with van der Waals surface area (Å²) in [6, 6.07) is 5.20. The van der Waals surface area contributed by atoms with Crippen LogP contribution in [0.5, 0.6) is 0 Å². The molecule has 1 aromatic carbocycles. The summed E-state index contributed by atoms with van der Waals surface area (Å²) in [4.78, 5) is 59.7. The minimum absolute atomic E-state index is 0.0980. The molecule has 1 unspecified atom stereocenters. The molecule has 4 aromatic rings. The van der Waals surface area contributed by atoms with E-state index in [1.807, 2.05) is 13.1 Å². The fourth-order valence-electron chi connectivity index (χ4n) is 5.90. The highest BCUT2D eigenvalue weighted by molar-refractivity contribution is 7.39. The van der Waals surface area contributed by atoms with Crippen LogP contribution in [0.1, 0.15) is 52.9 Å². The Bertz CT molecular complexity index is 1780. The first kappa shape index (κ1) is 29.2. The van der Waals surface area contributed by atoms with E-state index in [0.29, 0.717) is 35.8 Å². The molecule has 11 nitrogen and oxygen atoms in total. The van der Waals surface area contributed by atoms with E-state index >= 15 is 0 Å². The van der Waals surface area contributed by atoms with Gasteiger partial charge in [-0.25, -0.2) is 9.97 Å². The van der Waals surface area contributed by atoms with Crippen molar-refractivity contribution < 1.29 is 32.6 Å². The van der Waals surface area contributed by atoms with Gasteiger partial charge in [-0.05, 0) is 78.0 Å². The second-order valence-corrected chi connectivity index (χ2v) is 13.1. The minimum Gasteiger partial charge on any atom is -0.350 e. The van der Waals surface area contributed by atoms with Gasteiger partial charge in [-0.1, -0.05) is 0 Å². The predicted octanol–water partition coefficient (Wildman–Crippen LogP) is 3.93. The zero-order valence-electron chi connectivity index (χ0n) is 23.0. The second-order valence-electron chi connectivity index (χ2n) is 10.9. The number of hydrogen-bond acceptors (Lipinski definition) is 7. The van der Waals surface area contributed by atoms with Crippen LogP contribution in [0.4, 0.5) is 8.78 Å². The number of amides is 3. The van der Waals surface area contributed by atoms with Crippen LogP contribution in [0.2, 0.25) is 0 Å². The number of imidazole rings is 1. The van der Waals surface area contributed by atoms with E-state index in [-0.39, 0.29) is 29.3 Å². The number of aryl methyl sites for hydroxylation is 1. The van der Waals surface area contributed by atoms with Gasteiger partial charge >= 0.3 is 13.7 Å². The number of nitrogens with zero attached hydrogens (tertiary/aromatic N) is 4. The zero-order valence-corrected chi connectivity index (χ0v) is 24.7. The van der Waals surface area contributed by atoms with Crippen molar-refractivity contribution in [3.63, 3.8) is 0 Å². The molecule has 0 saturated carbocycles. The highest BCUT2D eigenvalue weighted by Gasteiger charge is 2.53. The largest absolute Gasteiger partial charge is 0.589 e. The molecule has 2 fully saturated rings. The molecule has 2 aliphatic rings. The Morgan fingerprint density at radius 1 is 1.16 bits per heavy atom. The van der Waals surface area contributed by atoms with Crippen LogP contribution in [0.3, 0.4) is 0 Å². The van der Waals surface area contributed by atoms with Crippen molar-refractivity contribution in [2.45, 2.75) is 62.4 Å². The molecule has 0 spiro atoms. The highest BCUT2D eigenvalue weighted by atomic mass is 32.1. The molecule has 3 amide bonds. The van der Waals surface area contributed by atoms with E-state index in [1.165, 1.54) is 12.1 Å². The zero-order chi connectivity index (χ0) is 30.5. The first-order valence-corrected chi connectivity index (χ1v) is 15.8. The molecule has 43 heavy (non-hydrogen) atoms. The van der Waals surface area contributed by atoms with Gasteiger partial charge in [-0.15, -0.1) is 20.1 Å². The lowest BCUT2D eigenvalue weighted by Gasteiger charge is -2.30. The SMILES string of the molecule is Cn1cnc2cc(CNC(=O)[C@@H]3CC[C@@H]4CCC[C@H](NC(=O)c5cc6cc(C(F)(F)[P+](=O)O)ccc6s5)C(=O)N43)cnc21. The molecule has 2 aliphatic heterocycles. The fourth-order valence-corrected chi connectivity index (χ4v) is 7.20. The predicted molar refractivity (Wildman–Crippen MR) is 155 cm³/mol. The first-order chi connectivity index (χ1) is 20.5. The third kappa shape index (κ3) is 5.50. The van der Waals surface area contributed by atoms with Gasteiger partial charge in [0.25, 0.3) is 5.91 Å². The van der Waals surface area contributed by atoms with Gasteiger partial charge in [0.1, 0.15) is 17.6 Å². The van der Waals surface area contributed by atoms with Crippen molar-refractivity contribution in [2.75, 3.05) is 0 Å². The van der Waals surface area contributed by atoms with Gasteiger partial charge in [0, 0.05) is 30.5 Å². The topological polar surface area (TPSA) is 147 Å². The van der Waals surface area contributed by atoms with E-state index in [2.05, 4.69) is 20.6 Å². The van der Waals surface area contributed by atoms with E-state index in [0.717, 1.165) is 46.6 Å². The molecular formula is C28H28F2N6O5PS+. The lowest BCUT2D eigenvalue weighted by molar-refractivity contribution is -0.141. The van der Waals surface area contributed by atoms with Crippen LogP contribution in [0, 0.1) is 0 Å². The number of hydrogen-bond donors (Lipinski definition) is 3. The van der Waals surface area contributed by atoms with E-state index in [9.17, 15) is 27.7 Å². The standard InChI is InChI=1S/C28H27F2N6O5PS/c1-35-14-33-20-9-15(12-31-24(20)35)13-32-25(37)21-7-6-18-3-2-4-19(27(39)36(18)21)34-26(38)23-11-16-10-17(5-8-22(16)43-23)28(29,30)42(40)41/h5,8-12,14,18-19,21H,2-4,6-7,13H2,1H3,(H2-,32,34,37,38,40,41)/p+1/t18-,19-,21-/m0/s1. The number of aromatic nitrogens is 3. The molecule has 6 rings (SSSR count). The van der Waals surface area contributed by atoms with Crippen molar-refractivity contribution >= 4 is 58.3 Å². The molecule has 3 aromatic heterocycles. The summed E-state index contributed by atoms with van der Waals surface area (Å²) >= 11 is 1.07. The highest BCUT2D eigenvalue weighted by Crippen LogP contribution is 2.48. The Hall–Kier alpha value is -3.87. The third-order valence-corrected chi connectivity index (χ3v) is 9.95. The fraction of sp³-hybridized carbons (Fsp3) is 0.393. The van der Waals surface area contributed by atoms with Gasteiger partial charge in [0.15, 0.2) is 5.65 Å². The maximum atomic E-state index is 14.1. The van der Waals surface area contributed by atoms with E-state index in [1.54, 1.807) is 22.0 Å². The quantitative estimate of drug-likeness (QED) is 0.263. The Morgan fingerprint density at radius 2 is 1.98 bits per heavy atom. The number of halogens is 2. The third-order valence-electron chi connectivity index (χ3n) is 8.10. The lowest BCUT2D eigenvalue weighted by Crippen LogP contribution is -2.54. The van der Waals surface area contributed by atoms with E-state index < -0.39 is 37.2 Å². The number of benzene rings is 1. The molecule has 15 heteroatoms. The molecule has 2 saturated heterocycles. The number of carbonyl (C=O) groups excluding carboxylic acids is 3. The maximum Gasteiger partial charge on any atom is 0.589 e. The van der Waals surface area contributed by atoms with Crippen LogP contribution in [-0.2, 0) is 33.4 Å². The summed E-state index contributed by atoms with van der Waals surface area (Å²) in [7, 11) is -1.92. The summed E-state index contributed by atoms with van der Waals surface area (Å²) in [6.07, 6.45) is 6.37. The molecule has 3 N–H and O–H groups in total. The Balaban J connectivity index is 1.14. The first-order valence-electron chi connectivity index (χ1n) is 13.8. The summed E-state index contributed by atoms with van der Waals surface area (Å²) in [5.74, 6) is -1.12. The number of rotatable bonds is 7. The van der Waals surface area contributed by atoms with Crippen LogP contribution in [0.25, 0.3) is 21.3 Å². The number of thiophene rings is 1. The smallest absolute Gasteiger partial charge is 0.350 e. The monoisotopic (exact) mass is 629 g/mol. The van der Waals surface area contributed by atoms with E-state index in [4.69, 9.17) is 4.89 Å². The number of nitrogens with one attached hydrogen (secondary N) is 2. The summed E-state index contributed by atoms with van der Waals surface area (Å²) < 4.78 is 41.6. The van der Waals surface area contributed by atoms with Crippen molar-refractivity contribution in [1.82, 2.24) is 30.1 Å². The molecule has 224 valence electrons. The van der Waals surface area contributed by atoms with Gasteiger partial charge in [0.2, 0.25) is 11.8 Å². The average molecular weight is 630 g/mol. The van der Waals surface area contributed by atoms with Gasteiger partial charge in [-0.2, -0.15) is 4.89 Å². The average Bonchev–Trinajstić information content (AvgIpc) is 3.69. The van der Waals surface area contributed by atoms with Crippen LogP contribution in [-0.4, -0.2) is 60.2 Å². The summed E-state index contributed by atoms with van der Waals surface area (Å²) in [5.41, 5.74) is -2.30. The molecule has 0 bridgehead atoms. The van der Waals surface area contributed by atoms with Crippen molar-refractivity contribution in [1.29, 1.82) is 0 Å². The number of pyridine rings is 1. The second kappa shape index (κ2) is 11.3. The Labute approximate surface area is 249 Å². The van der Waals surface area contributed by atoms with Crippen LogP contribution in [0.15, 0.2) is 42.9 Å². The molecule has 0 aliphatic carbocycles. The number of fused-ring (bicyclic) bond motifs is 3. The van der Waals surface area contributed by atoms with Gasteiger partial charge in [0.05, 0.1) is 16.8 Å². The Kier molecular flexibility index (Phi) is 7.69. The maximum absolute atomic E-state index is 14.1. The molecule has 0 radical (unpaired) electrons. The van der Waals surface area contributed by atoms with Gasteiger partial charge < -0.3 is 20.1 Å². The Morgan fingerprint density at radius 3 is 2.77 bits per heavy atom. The molecule has 5 heterocycles. The normalized spacial score (nSPS) is 21.1. The number of carbonyl (C=O) groups is 3. The minimum atomic E-state index is -3.92.